The largest absolute Gasteiger partial charge is 0.328 e. The number of urea groups is 1. The third-order valence-corrected chi connectivity index (χ3v) is 5.82. The zero-order valence-electron chi connectivity index (χ0n) is 17.1. The standard InChI is InChI=1S/C25H26FN3O/c1-18-17-20(13-16-27-18)19-9-11-21(12-10-19)28-24(30)29-25(14-5-2-6-15-25)22-7-3-4-8-23(22)26/h3-4,7-13,16-17H,2,5-6,14-15H2,1H3,(H2,28,29,30). The van der Waals surface area contributed by atoms with E-state index in [0.29, 0.717) is 11.3 Å². The summed E-state index contributed by atoms with van der Waals surface area (Å²) in [6.45, 7) is 1.96. The molecule has 0 radical (unpaired) electrons. The van der Waals surface area contributed by atoms with Crippen molar-refractivity contribution in [2.75, 3.05) is 5.32 Å². The predicted octanol–water partition coefficient (Wildman–Crippen LogP) is 6.18. The molecule has 154 valence electrons. The summed E-state index contributed by atoms with van der Waals surface area (Å²) in [4.78, 5) is 17.0. The maximum Gasteiger partial charge on any atom is 0.319 e. The van der Waals surface area contributed by atoms with Gasteiger partial charge in [0.05, 0.1) is 5.54 Å². The molecule has 4 nitrogen and oxygen atoms in total. The molecule has 0 atom stereocenters. The van der Waals surface area contributed by atoms with Gasteiger partial charge in [-0.15, -0.1) is 0 Å². The number of pyridine rings is 1. The molecule has 0 saturated heterocycles. The maximum absolute atomic E-state index is 14.6. The number of anilines is 1. The number of amides is 2. The molecule has 1 heterocycles. The van der Waals surface area contributed by atoms with Crippen LogP contribution in [0.15, 0.2) is 66.9 Å². The molecule has 1 aliphatic carbocycles. The Morgan fingerprint density at radius 2 is 1.70 bits per heavy atom. The first-order chi connectivity index (χ1) is 14.6. The molecule has 2 amide bonds. The van der Waals surface area contributed by atoms with E-state index in [1.54, 1.807) is 18.3 Å². The Morgan fingerprint density at radius 1 is 0.967 bits per heavy atom. The smallest absolute Gasteiger partial charge is 0.319 e. The van der Waals surface area contributed by atoms with E-state index in [1.165, 1.54) is 6.07 Å². The SMILES string of the molecule is Cc1cc(-c2ccc(NC(=O)NC3(c4ccccc4F)CCCCC3)cc2)ccn1. The van der Waals surface area contributed by atoms with Gasteiger partial charge in [0.2, 0.25) is 0 Å². The highest BCUT2D eigenvalue weighted by Gasteiger charge is 2.37. The maximum atomic E-state index is 14.6. The minimum Gasteiger partial charge on any atom is -0.328 e. The number of aromatic nitrogens is 1. The van der Waals surface area contributed by atoms with Gasteiger partial charge in [-0.1, -0.05) is 49.6 Å². The fourth-order valence-corrected chi connectivity index (χ4v) is 4.32. The van der Waals surface area contributed by atoms with Gasteiger partial charge in [0.25, 0.3) is 0 Å². The molecule has 0 spiro atoms. The highest BCUT2D eigenvalue weighted by molar-refractivity contribution is 5.90. The Kier molecular flexibility index (Phi) is 5.79. The predicted molar refractivity (Wildman–Crippen MR) is 118 cm³/mol. The van der Waals surface area contributed by atoms with Gasteiger partial charge in [-0.25, -0.2) is 9.18 Å². The first-order valence-corrected chi connectivity index (χ1v) is 10.4. The van der Waals surface area contributed by atoms with Crippen molar-refractivity contribution in [3.05, 3.63) is 83.9 Å². The van der Waals surface area contributed by atoms with Gasteiger partial charge in [0, 0.05) is 23.1 Å². The van der Waals surface area contributed by atoms with Crippen molar-refractivity contribution in [1.29, 1.82) is 0 Å². The normalized spacial score (nSPS) is 15.4. The third kappa shape index (κ3) is 4.35. The Labute approximate surface area is 176 Å². The van der Waals surface area contributed by atoms with E-state index < -0.39 is 5.54 Å². The number of rotatable bonds is 4. The van der Waals surface area contributed by atoms with Crippen LogP contribution in [-0.2, 0) is 5.54 Å². The highest BCUT2D eigenvalue weighted by Crippen LogP contribution is 2.38. The van der Waals surface area contributed by atoms with Crippen LogP contribution in [-0.4, -0.2) is 11.0 Å². The monoisotopic (exact) mass is 403 g/mol. The molecule has 0 bridgehead atoms. The number of nitrogens with zero attached hydrogens (tertiary/aromatic N) is 1. The van der Waals surface area contributed by atoms with Crippen LogP contribution >= 0.6 is 0 Å². The van der Waals surface area contributed by atoms with Crippen LogP contribution in [0, 0.1) is 12.7 Å². The quantitative estimate of drug-likeness (QED) is 0.547. The fourth-order valence-electron chi connectivity index (χ4n) is 4.32. The van der Waals surface area contributed by atoms with Crippen molar-refractivity contribution in [3.63, 3.8) is 0 Å². The zero-order chi connectivity index (χ0) is 21.0. The van der Waals surface area contributed by atoms with Crippen LogP contribution in [0.1, 0.15) is 43.4 Å². The summed E-state index contributed by atoms with van der Waals surface area (Å²) in [5.41, 5.74) is 3.70. The lowest BCUT2D eigenvalue weighted by Crippen LogP contribution is -2.49. The number of hydrogen-bond donors (Lipinski definition) is 2. The van der Waals surface area contributed by atoms with E-state index >= 15 is 0 Å². The lowest BCUT2D eigenvalue weighted by molar-refractivity contribution is 0.209. The molecule has 30 heavy (non-hydrogen) atoms. The summed E-state index contributed by atoms with van der Waals surface area (Å²) < 4.78 is 14.6. The minimum atomic E-state index is -0.665. The zero-order valence-corrected chi connectivity index (χ0v) is 17.1. The summed E-state index contributed by atoms with van der Waals surface area (Å²) in [5.74, 6) is -0.267. The minimum absolute atomic E-state index is 0.267. The van der Waals surface area contributed by atoms with Crippen LogP contribution in [0.25, 0.3) is 11.1 Å². The van der Waals surface area contributed by atoms with Crippen LogP contribution < -0.4 is 10.6 Å². The number of benzene rings is 2. The molecular weight excluding hydrogens is 377 g/mol. The second-order valence-corrected chi connectivity index (χ2v) is 7.96. The molecule has 1 aliphatic rings. The summed E-state index contributed by atoms with van der Waals surface area (Å²) in [7, 11) is 0. The van der Waals surface area contributed by atoms with Crippen molar-refractivity contribution in [3.8, 4) is 11.1 Å². The van der Waals surface area contributed by atoms with Gasteiger partial charge in [-0.3, -0.25) is 4.98 Å². The van der Waals surface area contributed by atoms with Gasteiger partial charge in [-0.2, -0.15) is 0 Å². The van der Waals surface area contributed by atoms with Crippen molar-refractivity contribution < 1.29 is 9.18 Å². The molecular formula is C25H26FN3O. The topological polar surface area (TPSA) is 54.0 Å². The van der Waals surface area contributed by atoms with Gasteiger partial charge in [0.15, 0.2) is 0 Å². The summed E-state index contributed by atoms with van der Waals surface area (Å²) in [6, 6.07) is 18.1. The number of halogens is 1. The average Bonchev–Trinajstić information content (AvgIpc) is 2.75. The summed E-state index contributed by atoms with van der Waals surface area (Å²) in [5, 5.41) is 6.00. The average molecular weight is 404 g/mol. The van der Waals surface area contributed by atoms with E-state index in [9.17, 15) is 9.18 Å². The molecule has 0 unspecified atom stereocenters. The lowest BCUT2D eigenvalue weighted by atomic mass is 9.76. The Morgan fingerprint density at radius 3 is 2.40 bits per heavy atom. The van der Waals surface area contributed by atoms with Crippen molar-refractivity contribution in [2.45, 2.75) is 44.6 Å². The van der Waals surface area contributed by atoms with Gasteiger partial charge in [-0.05, 0) is 61.2 Å². The van der Waals surface area contributed by atoms with Crippen LogP contribution in [0.5, 0.6) is 0 Å². The van der Waals surface area contributed by atoms with E-state index in [0.717, 1.165) is 48.9 Å². The van der Waals surface area contributed by atoms with E-state index in [2.05, 4.69) is 15.6 Å². The van der Waals surface area contributed by atoms with Crippen LogP contribution in [0.4, 0.5) is 14.9 Å². The molecule has 1 aromatic heterocycles. The molecule has 2 N–H and O–H groups in total. The molecule has 1 fully saturated rings. The molecule has 2 aromatic carbocycles. The van der Waals surface area contributed by atoms with Gasteiger partial charge < -0.3 is 10.6 Å². The van der Waals surface area contributed by atoms with E-state index in [4.69, 9.17) is 0 Å². The summed E-state index contributed by atoms with van der Waals surface area (Å²) in [6.07, 6.45) is 6.30. The Bertz CT molecular complexity index is 1030. The second kappa shape index (κ2) is 8.66. The number of aryl methyl sites for hydroxylation is 1. The third-order valence-electron chi connectivity index (χ3n) is 5.82. The number of hydrogen-bond acceptors (Lipinski definition) is 2. The van der Waals surface area contributed by atoms with Crippen molar-refractivity contribution >= 4 is 11.7 Å². The molecule has 1 saturated carbocycles. The first kappa shape index (κ1) is 20.1. The number of carbonyl (C=O) groups is 1. The Balaban J connectivity index is 1.49. The highest BCUT2D eigenvalue weighted by atomic mass is 19.1. The number of carbonyl (C=O) groups excluding carboxylic acids is 1. The fraction of sp³-hybridized carbons (Fsp3) is 0.280. The first-order valence-electron chi connectivity index (χ1n) is 10.4. The summed E-state index contributed by atoms with van der Waals surface area (Å²) >= 11 is 0. The lowest BCUT2D eigenvalue weighted by Gasteiger charge is -2.38. The van der Waals surface area contributed by atoms with E-state index in [-0.39, 0.29) is 11.8 Å². The van der Waals surface area contributed by atoms with Crippen LogP contribution in [0.3, 0.4) is 0 Å². The molecule has 3 aromatic rings. The van der Waals surface area contributed by atoms with Gasteiger partial charge >= 0.3 is 6.03 Å². The van der Waals surface area contributed by atoms with Crippen molar-refractivity contribution in [2.24, 2.45) is 0 Å². The second-order valence-electron chi connectivity index (χ2n) is 7.96. The van der Waals surface area contributed by atoms with Crippen molar-refractivity contribution in [1.82, 2.24) is 10.3 Å². The molecule has 0 aliphatic heterocycles. The van der Waals surface area contributed by atoms with Crippen LogP contribution in [0.2, 0.25) is 0 Å². The molecule has 4 rings (SSSR count). The Hall–Kier alpha value is -3.21. The number of nitrogens with one attached hydrogen (secondary N) is 2. The van der Waals surface area contributed by atoms with Gasteiger partial charge in [0.1, 0.15) is 5.82 Å². The van der Waals surface area contributed by atoms with E-state index in [1.807, 2.05) is 49.4 Å². The molecule has 5 heteroatoms.